The summed E-state index contributed by atoms with van der Waals surface area (Å²) in [7, 11) is 0. The lowest BCUT2D eigenvalue weighted by atomic mass is 10.4. The summed E-state index contributed by atoms with van der Waals surface area (Å²) in [6, 6.07) is 0. The zero-order valence-electron chi connectivity index (χ0n) is 9.39. The van der Waals surface area contributed by atoms with E-state index in [2.05, 4.69) is 15.6 Å². The van der Waals surface area contributed by atoms with Gasteiger partial charge in [-0.25, -0.2) is 4.98 Å². The van der Waals surface area contributed by atoms with Crippen molar-refractivity contribution >= 4 is 22.4 Å². The third-order valence-electron chi connectivity index (χ3n) is 2.05. The molecule has 0 bridgehead atoms. The second-order valence-corrected chi connectivity index (χ2v) is 4.52. The molecule has 4 nitrogen and oxygen atoms in total. The second-order valence-electron chi connectivity index (χ2n) is 3.31. The molecule has 1 amide bonds. The molecular formula is C10H17N3OS. The third kappa shape index (κ3) is 3.97. The van der Waals surface area contributed by atoms with Gasteiger partial charge in [-0.2, -0.15) is 0 Å². The molecule has 1 aromatic heterocycles. The van der Waals surface area contributed by atoms with Crippen molar-refractivity contribution in [2.75, 3.05) is 18.4 Å². The van der Waals surface area contributed by atoms with Crippen LogP contribution in [-0.4, -0.2) is 24.0 Å². The summed E-state index contributed by atoms with van der Waals surface area (Å²) in [4.78, 5) is 16.8. The summed E-state index contributed by atoms with van der Waals surface area (Å²) < 4.78 is 0. The van der Waals surface area contributed by atoms with Crippen molar-refractivity contribution in [1.29, 1.82) is 0 Å². The number of rotatable bonds is 5. The quantitative estimate of drug-likeness (QED) is 0.753. The van der Waals surface area contributed by atoms with Crippen molar-refractivity contribution in [3.63, 3.8) is 0 Å². The molecule has 0 aliphatic carbocycles. The van der Waals surface area contributed by atoms with Crippen LogP contribution in [0.25, 0.3) is 0 Å². The Morgan fingerprint density at radius 3 is 2.73 bits per heavy atom. The number of carbonyl (C=O) groups excluding carboxylic acids is 1. The number of nitrogens with one attached hydrogen (secondary N) is 2. The van der Waals surface area contributed by atoms with E-state index in [0.29, 0.717) is 18.1 Å². The molecule has 0 aromatic carbocycles. The standard InChI is InChI=1S/C10H17N3OS/c1-4-11-6-5-9(14)13-10-12-7(2)8(3)15-10/h11H,4-6H2,1-3H3,(H,12,13,14). The number of thiazole rings is 1. The van der Waals surface area contributed by atoms with Gasteiger partial charge in [0.05, 0.1) is 5.69 Å². The van der Waals surface area contributed by atoms with Crippen LogP contribution in [0, 0.1) is 13.8 Å². The summed E-state index contributed by atoms with van der Waals surface area (Å²) in [5, 5.41) is 6.60. The van der Waals surface area contributed by atoms with E-state index in [1.54, 1.807) is 0 Å². The van der Waals surface area contributed by atoms with Crippen LogP contribution in [0.2, 0.25) is 0 Å². The molecule has 15 heavy (non-hydrogen) atoms. The van der Waals surface area contributed by atoms with Crippen LogP contribution >= 0.6 is 11.3 Å². The zero-order valence-corrected chi connectivity index (χ0v) is 10.2. The summed E-state index contributed by atoms with van der Waals surface area (Å²) in [6.45, 7) is 7.57. The number of hydrogen-bond acceptors (Lipinski definition) is 4. The number of hydrogen-bond donors (Lipinski definition) is 2. The average molecular weight is 227 g/mol. The van der Waals surface area contributed by atoms with Gasteiger partial charge in [0.15, 0.2) is 5.13 Å². The highest BCUT2D eigenvalue weighted by atomic mass is 32.1. The highest BCUT2D eigenvalue weighted by molar-refractivity contribution is 7.15. The Labute approximate surface area is 94.1 Å². The van der Waals surface area contributed by atoms with Gasteiger partial charge in [0, 0.05) is 17.8 Å². The fourth-order valence-electron chi connectivity index (χ4n) is 1.09. The molecule has 1 rings (SSSR count). The molecule has 2 N–H and O–H groups in total. The minimum absolute atomic E-state index is 0.0182. The second kappa shape index (κ2) is 5.82. The summed E-state index contributed by atoms with van der Waals surface area (Å²) in [5.74, 6) is 0.0182. The van der Waals surface area contributed by atoms with E-state index in [1.807, 2.05) is 20.8 Å². The Kier molecular flexibility index (Phi) is 4.71. The van der Waals surface area contributed by atoms with Gasteiger partial charge < -0.3 is 10.6 Å². The molecule has 1 aromatic rings. The minimum Gasteiger partial charge on any atom is -0.316 e. The topological polar surface area (TPSA) is 54.0 Å². The Hall–Kier alpha value is -0.940. The Morgan fingerprint density at radius 2 is 2.20 bits per heavy atom. The van der Waals surface area contributed by atoms with Crippen LogP contribution in [0.4, 0.5) is 5.13 Å². The lowest BCUT2D eigenvalue weighted by Gasteiger charge is -2.01. The van der Waals surface area contributed by atoms with Gasteiger partial charge in [-0.1, -0.05) is 6.92 Å². The first kappa shape index (κ1) is 12.1. The van der Waals surface area contributed by atoms with Gasteiger partial charge in [0.25, 0.3) is 0 Å². The first-order valence-corrected chi connectivity index (χ1v) is 5.89. The van der Waals surface area contributed by atoms with Crippen molar-refractivity contribution in [1.82, 2.24) is 10.3 Å². The predicted octanol–water partition coefficient (Wildman–Crippen LogP) is 1.70. The smallest absolute Gasteiger partial charge is 0.227 e. The molecule has 0 spiro atoms. The SMILES string of the molecule is CCNCCC(=O)Nc1nc(C)c(C)s1. The highest BCUT2D eigenvalue weighted by Crippen LogP contribution is 2.20. The molecule has 0 atom stereocenters. The molecule has 5 heteroatoms. The van der Waals surface area contributed by atoms with E-state index in [0.717, 1.165) is 17.1 Å². The number of anilines is 1. The first-order valence-electron chi connectivity index (χ1n) is 5.08. The van der Waals surface area contributed by atoms with Gasteiger partial charge in [-0.05, 0) is 20.4 Å². The van der Waals surface area contributed by atoms with Crippen molar-refractivity contribution in [3.05, 3.63) is 10.6 Å². The molecule has 1 heterocycles. The fraction of sp³-hybridized carbons (Fsp3) is 0.600. The average Bonchev–Trinajstić information content (AvgIpc) is 2.46. The van der Waals surface area contributed by atoms with Crippen LogP contribution < -0.4 is 10.6 Å². The summed E-state index contributed by atoms with van der Waals surface area (Å²) in [5.41, 5.74) is 0.988. The normalized spacial score (nSPS) is 10.3. The number of nitrogens with zero attached hydrogens (tertiary/aromatic N) is 1. The van der Waals surface area contributed by atoms with Crippen molar-refractivity contribution in [3.8, 4) is 0 Å². The van der Waals surface area contributed by atoms with E-state index in [1.165, 1.54) is 11.3 Å². The van der Waals surface area contributed by atoms with Crippen molar-refractivity contribution in [2.24, 2.45) is 0 Å². The molecule has 0 aliphatic rings. The van der Waals surface area contributed by atoms with Crippen molar-refractivity contribution in [2.45, 2.75) is 27.2 Å². The maximum absolute atomic E-state index is 11.4. The maximum Gasteiger partial charge on any atom is 0.227 e. The molecule has 0 fully saturated rings. The summed E-state index contributed by atoms with van der Waals surface area (Å²) >= 11 is 1.52. The first-order chi connectivity index (χ1) is 7.13. The van der Waals surface area contributed by atoms with Crippen LogP contribution in [0.1, 0.15) is 23.9 Å². The molecule has 0 unspecified atom stereocenters. The minimum atomic E-state index is 0.0182. The Morgan fingerprint density at radius 1 is 1.47 bits per heavy atom. The van der Waals surface area contributed by atoms with E-state index in [4.69, 9.17) is 0 Å². The number of aryl methyl sites for hydroxylation is 2. The monoisotopic (exact) mass is 227 g/mol. The maximum atomic E-state index is 11.4. The molecular weight excluding hydrogens is 210 g/mol. The van der Waals surface area contributed by atoms with Gasteiger partial charge in [0.1, 0.15) is 0 Å². The summed E-state index contributed by atoms with van der Waals surface area (Å²) in [6.07, 6.45) is 0.492. The third-order valence-corrected chi connectivity index (χ3v) is 3.04. The molecule has 0 aliphatic heterocycles. The molecule has 0 saturated carbocycles. The molecule has 84 valence electrons. The van der Waals surface area contributed by atoms with Crippen LogP contribution in [-0.2, 0) is 4.79 Å². The number of aromatic nitrogens is 1. The number of carbonyl (C=O) groups is 1. The van der Waals surface area contributed by atoms with Gasteiger partial charge >= 0.3 is 0 Å². The zero-order chi connectivity index (χ0) is 11.3. The molecule has 0 radical (unpaired) electrons. The lowest BCUT2D eigenvalue weighted by molar-refractivity contribution is -0.116. The van der Waals surface area contributed by atoms with Gasteiger partial charge in [-0.15, -0.1) is 11.3 Å². The number of amides is 1. The molecule has 0 saturated heterocycles. The predicted molar refractivity (Wildman–Crippen MR) is 63.4 cm³/mol. The lowest BCUT2D eigenvalue weighted by Crippen LogP contribution is -2.21. The van der Waals surface area contributed by atoms with E-state index < -0.39 is 0 Å². The Bertz CT molecular complexity index is 316. The van der Waals surface area contributed by atoms with Crippen LogP contribution in [0.3, 0.4) is 0 Å². The van der Waals surface area contributed by atoms with E-state index >= 15 is 0 Å². The highest BCUT2D eigenvalue weighted by Gasteiger charge is 2.06. The van der Waals surface area contributed by atoms with Crippen LogP contribution in [0.15, 0.2) is 0 Å². The largest absolute Gasteiger partial charge is 0.316 e. The van der Waals surface area contributed by atoms with Gasteiger partial charge in [-0.3, -0.25) is 4.79 Å². The van der Waals surface area contributed by atoms with E-state index in [-0.39, 0.29) is 5.91 Å². The van der Waals surface area contributed by atoms with Crippen LogP contribution in [0.5, 0.6) is 0 Å². The van der Waals surface area contributed by atoms with Crippen molar-refractivity contribution < 1.29 is 4.79 Å². The van der Waals surface area contributed by atoms with E-state index in [9.17, 15) is 4.79 Å². The Balaban J connectivity index is 2.37. The van der Waals surface area contributed by atoms with Gasteiger partial charge in [0.2, 0.25) is 5.91 Å². The fourth-order valence-corrected chi connectivity index (χ4v) is 1.92.